The molecule has 60 valence electrons. The minimum atomic E-state index is -1.24. The van der Waals surface area contributed by atoms with Crippen LogP contribution in [0.4, 0.5) is 0 Å². The van der Waals surface area contributed by atoms with Crippen molar-refractivity contribution in [1.29, 1.82) is 0 Å². The Kier molecular flexibility index (Phi) is 2.32. The van der Waals surface area contributed by atoms with Gasteiger partial charge in [-0.3, -0.25) is 0 Å². The molecule has 0 unspecified atom stereocenters. The average Bonchev–Trinajstić information content (AvgIpc) is 2.01. The molecule has 0 aliphatic heterocycles. The maximum absolute atomic E-state index is 7.39. The lowest BCUT2D eigenvalue weighted by Gasteiger charge is -2.01. The van der Waals surface area contributed by atoms with Crippen LogP contribution in [0.15, 0.2) is 29.2 Å². The number of methoxy groups -OCH3 is 1. The fraction of sp³-hybridized carbons (Fsp3) is 0.333. The summed E-state index contributed by atoms with van der Waals surface area (Å²) in [6.07, 6.45) is 0. The van der Waals surface area contributed by atoms with E-state index in [1.807, 2.05) is 24.3 Å². The maximum Gasteiger partial charge on any atom is 0.119 e. The molecule has 0 saturated carbocycles. The third kappa shape index (κ3) is 2.46. The first-order chi connectivity index (χ1) is 6.01. The normalized spacial score (nSPS) is 13.6. The van der Waals surface area contributed by atoms with Gasteiger partial charge in [-0.1, -0.05) is 13.0 Å². The summed E-state index contributed by atoms with van der Waals surface area (Å²) in [5, 5.41) is 0. The number of hydrogen-bond donors (Lipinski definition) is 0. The van der Waals surface area contributed by atoms with Gasteiger partial charge in [0, 0.05) is 7.64 Å². The molecule has 0 fully saturated rings. The second-order valence-electron chi connectivity index (χ2n) is 1.99. The van der Waals surface area contributed by atoms with E-state index >= 15 is 0 Å². The fourth-order valence-corrected chi connectivity index (χ4v) is 1.34. The van der Waals surface area contributed by atoms with Crippen molar-refractivity contribution in [1.82, 2.24) is 0 Å². The summed E-state index contributed by atoms with van der Waals surface area (Å²) in [6, 6.07) is 7.39. The van der Waals surface area contributed by atoms with Gasteiger partial charge in [-0.05, 0) is 23.9 Å². The number of benzene rings is 1. The van der Waals surface area contributed by atoms with Gasteiger partial charge in [0.15, 0.2) is 0 Å². The van der Waals surface area contributed by atoms with E-state index in [2.05, 4.69) is 0 Å². The van der Waals surface area contributed by atoms with E-state index in [0.717, 1.165) is 10.6 Å². The summed E-state index contributed by atoms with van der Waals surface area (Å²) in [5.74, 6) is 0.759. The maximum atomic E-state index is 7.39. The molecule has 0 amide bonds. The Morgan fingerprint density at radius 1 is 1.64 bits per heavy atom. The van der Waals surface area contributed by atoms with Crippen LogP contribution >= 0.6 is 11.8 Å². The number of thioether (sulfide) groups is 1. The van der Waals surface area contributed by atoms with E-state index in [1.54, 1.807) is 7.11 Å². The van der Waals surface area contributed by atoms with E-state index < -0.39 is 5.70 Å². The van der Waals surface area contributed by atoms with Gasteiger partial charge in [-0.15, -0.1) is 11.8 Å². The van der Waals surface area contributed by atoms with Crippen molar-refractivity contribution in [2.24, 2.45) is 0 Å². The van der Waals surface area contributed by atoms with Crippen LogP contribution in [0.3, 0.4) is 0 Å². The van der Waals surface area contributed by atoms with Gasteiger partial charge >= 0.3 is 0 Å². The smallest absolute Gasteiger partial charge is 0.119 e. The van der Waals surface area contributed by atoms with Gasteiger partial charge in [0.2, 0.25) is 0 Å². The summed E-state index contributed by atoms with van der Waals surface area (Å²) >= 11 is 1.18. The molecule has 0 saturated heterocycles. The zero-order chi connectivity index (χ0) is 9.90. The van der Waals surface area contributed by atoms with Crippen molar-refractivity contribution in [3.05, 3.63) is 24.3 Å². The Balaban J connectivity index is 2.78. The zero-order valence-corrected chi connectivity index (χ0v) is 7.44. The molecular weight excluding hydrogens is 157 g/mol. The van der Waals surface area contributed by atoms with Gasteiger partial charge < -0.3 is 4.74 Å². The van der Waals surface area contributed by atoms with Gasteiger partial charge in [0.05, 0.1) is 7.11 Å². The van der Waals surface area contributed by atoms with Crippen LogP contribution in [0, 0.1) is 0 Å². The molecule has 11 heavy (non-hydrogen) atoms. The Morgan fingerprint density at radius 2 is 2.45 bits per heavy atom. The Labute approximate surface area is 74.6 Å². The molecule has 1 rings (SSSR count). The number of hydrogen-bond acceptors (Lipinski definition) is 2. The average molecular weight is 171 g/mol. The lowest BCUT2D eigenvalue weighted by atomic mass is 10.3. The van der Waals surface area contributed by atoms with E-state index in [-0.39, 0.29) is 0 Å². The molecule has 0 heterocycles. The zero-order valence-electron chi connectivity index (χ0n) is 8.63. The number of ether oxygens (including phenoxy) is 1. The third-order valence-electron chi connectivity index (χ3n) is 1.26. The molecular formula is C9H12OS. The Hall–Kier alpha value is -0.630. The SMILES string of the molecule is [2H][13C]([2H])(C)Sc1cccc(OC)c1. The molecule has 1 nitrogen and oxygen atoms in total. The van der Waals surface area contributed by atoms with Gasteiger partial charge in [0.1, 0.15) is 5.75 Å². The van der Waals surface area contributed by atoms with Gasteiger partial charge in [0.25, 0.3) is 0 Å². The molecule has 1 aromatic rings. The fourth-order valence-electron chi connectivity index (χ4n) is 0.783. The topological polar surface area (TPSA) is 9.23 Å². The highest BCUT2D eigenvalue weighted by Gasteiger charge is 1.93. The summed E-state index contributed by atoms with van der Waals surface area (Å²) in [5.41, 5.74) is -1.24. The molecule has 0 aliphatic carbocycles. The Morgan fingerprint density at radius 3 is 3.09 bits per heavy atom. The number of rotatable bonds is 3. The van der Waals surface area contributed by atoms with Crippen LogP contribution in [0.5, 0.6) is 5.75 Å². The van der Waals surface area contributed by atoms with Crippen LogP contribution in [0.25, 0.3) is 0 Å². The summed E-state index contributed by atoms with van der Waals surface area (Å²) < 4.78 is 19.8. The molecule has 0 spiro atoms. The van der Waals surface area contributed by atoms with E-state index in [0.29, 0.717) is 0 Å². The molecule has 2 heteroatoms. The second kappa shape index (κ2) is 4.29. The summed E-state index contributed by atoms with van der Waals surface area (Å²) in [4.78, 5) is 0.881. The highest BCUT2D eigenvalue weighted by atomic mass is 32.2. The first-order valence-electron chi connectivity index (χ1n) is 4.34. The van der Waals surface area contributed by atoms with Crippen LogP contribution in [0.1, 0.15) is 9.67 Å². The van der Waals surface area contributed by atoms with Gasteiger partial charge in [-0.25, -0.2) is 0 Å². The molecule has 0 bridgehead atoms. The van der Waals surface area contributed by atoms with Crippen molar-refractivity contribution in [2.45, 2.75) is 11.8 Å². The van der Waals surface area contributed by atoms with Crippen molar-refractivity contribution in [3.8, 4) is 5.75 Å². The molecule has 0 aliphatic rings. The van der Waals surface area contributed by atoms with Crippen LogP contribution in [0.2, 0.25) is 0 Å². The first kappa shape index (κ1) is 5.95. The van der Waals surface area contributed by atoms with Crippen LogP contribution < -0.4 is 4.74 Å². The highest BCUT2D eigenvalue weighted by molar-refractivity contribution is 7.99. The first-order valence-corrected chi connectivity index (χ1v) is 4.16. The van der Waals surface area contributed by atoms with Crippen molar-refractivity contribution in [2.75, 3.05) is 12.8 Å². The molecule has 1 aromatic carbocycles. The summed E-state index contributed by atoms with van der Waals surface area (Å²) in [7, 11) is 1.60. The van der Waals surface area contributed by atoms with Gasteiger partial charge in [-0.2, -0.15) is 0 Å². The predicted molar refractivity (Wildman–Crippen MR) is 49.4 cm³/mol. The van der Waals surface area contributed by atoms with E-state index in [9.17, 15) is 0 Å². The molecule has 0 atom stereocenters. The largest absolute Gasteiger partial charge is 0.497 e. The standard InChI is InChI=1S/C9H12OS/c1-3-11-9-6-4-5-8(7-9)10-2/h4-7H,3H2,1-2H3/i3+1D2. The lowest BCUT2D eigenvalue weighted by Crippen LogP contribution is -1.81. The second-order valence-corrected chi connectivity index (χ2v) is 3.07. The third-order valence-corrected chi connectivity index (χ3v) is 1.95. The molecule has 0 radical (unpaired) electrons. The molecule has 0 N–H and O–H groups in total. The molecule has 0 aromatic heterocycles. The van der Waals surface area contributed by atoms with E-state index in [4.69, 9.17) is 7.48 Å². The van der Waals surface area contributed by atoms with Crippen LogP contribution in [-0.4, -0.2) is 12.8 Å². The lowest BCUT2D eigenvalue weighted by molar-refractivity contribution is 0.413. The minimum absolute atomic E-state index is 0.759. The Bertz CT molecular complexity index is 283. The predicted octanol–water partition coefficient (Wildman–Crippen LogP) is 2.81. The van der Waals surface area contributed by atoms with E-state index in [1.165, 1.54) is 18.7 Å². The van der Waals surface area contributed by atoms with Crippen LogP contribution in [-0.2, 0) is 0 Å². The minimum Gasteiger partial charge on any atom is -0.497 e. The van der Waals surface area contributed by atoms with Crippen molar-refractivity contribution < 1.29 is 7.48 Å². The summed E-state index contributed by atoms with van der Waals surface area (Å²) in [6.45, 7) is 1.54. The monoisotopic (exact) mass is 171 g/mol. The highest BCUT2D eigenvalue weighted by Crippen LogP contribution is 2.21. The quantitative estimate of drug-likeness (QED) is 0.511. The van der Waals surface area contributed by atoms with Crippen molar-refractivity contribution >= 4 is 11.8 Å². The van der Waals surface area contributed by atoms with Crippen molar-refractivity contribution in [3.63, 3.8) is 0 Å².